The molecule has 1 atom stereocenters. The molecule has 0 radical (unpaired) electrons. The van der Waals surface area contributed by atoms with Crippen molar-refractivity contribution in [2.45, 2.75) is 12.5 Å². The van der Waals surface area contributed by atoms with Crippen LogP contribution in [0, 0.1) is 11.3 Å². The van der Waals surface area contributed by atoms with Crippen LogP contribution >= 0.6 is 0 Å². The summed E-state index contributed by atoms with van der Waals surface area (Å²) in [5.41, 5.74) is 1.16. The number of nitrogens with one attached hydrogen (secondary N) is 1. The summed E-state index contributed by atoms with van der Waals surface area (Å²) >= 11 is 0. The normalized spacial score (nSPS) is 17.6. The van der Waals surface area contributed by atoms with Crippen LogP contribution in [-0.4, -0.2) is 36.2 Å². The van der Waals surface area contributed by atoms with Crippen LogP contribution in [0.15, 0.2) is 30.9 Å². The SMILES string of the molecule is C=CC[C@@H](c1cccc(C#N)c1O)N1CCNCC1. The molecule has 1 saturated heterocycles. The van der Waals surface area contributed by atoms with E-state index in [4.69, 9.17) is 5.26 Å². The molecule has 1 aromatic rings. The topological polar surface area (TPSA) is 59.3 Å². The monoisotopic (exact) mass is 257 g/mol. The third kappa shape index (κ3) is 2.95. The number of rotatable bonds is 4. The first-order valence-corrected chi connectivity index (χ1v) is 6.55. The Hall–Kier alpha value is -1.83. The van der Waals surface area contributed by atoms with Crippen LogP contribution in [0.1, 0.15) is 23.6 Å². The highest BCUT2D eigenvalue weighted by Crippen LogP contribution is 2.33. The highest BCUT2D eigenvalue weighted by molar-refractivity contribution is 5.48. The first kappa shape index (κ1) is 13.6. The van der Waals surface area contributed by atoms with Gasteiger partial charge < -0.3 is 10.4 Å². The number of aromatic hydroxyl groups is 1. The lowest BCUT2D eigenvalue weighted by molar-refractivity contribution is 0.172. The number of nitriles is 1. The zero-order valence-corrected chi connectivity index (χ0v) is 11.0. The lowest BCUT2D eigenvalue weighted by Crippen LogP contribution is -2.45. The van der Waals surface area contributed by atoms with Gasteiger partial charge in [0.25, 0.3) is 0 Å². The van der Waals surface area contributed by atoms with Gasteiger partial charge in [-0.25, -0.2) is 0 Å². The molecule has 100 valence electrons. The molecule has 0 unspecified atom stereocenters. The molecule has 1 aliphatic heterocycles. The standard InChI is InChI=1S/C15H19N3O/c1-2-4-14(18-9-7-17-8-10-18)13-6-3-5-12(11-16)15(13)19/h2-3,5-6,14,17,19H,1,4,7-10H2/t14-/m0/s1. The number of piperazine rings is 1. The van der Waals surface area contributed by atoms with Gasteiger partial charge in [0.05, 0.1) is 5.56 Å². The maximum absolute atomic E-state index is 10.2. The summed E-state index contributed by atoms with van der Waals surface area (Å²) in [6.45, 7) is 7.58. The second-order valence-electron chi connectivity index (χ2n) is 4.68. The van der Waals surface area contributed by atoms with Gasteiger partial charge in [0, 0.05) is 37.8 Å². The first-order valence-electron chi connectivity index (χ1n) is 6.55. The summed E-state index contributed by atoms with van der Waals surface area (Å²) in [6, 6.07) is 7.48. The first-order chi connectivity index (χ1) is 9.27. The van der Waals surface area contributed by atoms with Gasteiger partial charge >= 0.3 is 0 Å². The van der Waals surface area contributed by atoms with Crippen molar-refractivity contribution in [3.63, 3.8) is 0 Å². The Morgan fingerprint density at radius 2 is 2.21 bits per heavy atom. The Bertz CT molecular complexity index is 487. The molecule has 1 aliphatic rings. The molecular formula is C15H19N3O. The second kappa shape index (κ2) is 6.37. The zero-order chi connectivity index (χ0) is 13.7. The van der Waals surface area contributed by atoms with Gasteiger partial charge in [-0.15, -0.1) is 6.58 Å². The maximum atomic E-state index is 10.2. The highest BCUT2D eigenvalue weighted by Gasteiger charge is 2.24. The van der Waals surface area contributed by atoms with Crippen LogP contribution < -0.4 is 5.32 Å². The van der Waals surface area contributed by atoms with E-state index in [1.807, 2.05) is 24.3 Å². The number of phenolic OH excluding ortho intramolecular Hbond substituents is 1. The van der Waals surface area contributed by atoms with Crippen molar-refractivity contribution in [3.05, 3.63) is 42.0 Å². The van der Waals surface area contributed by atoms with Crippen LogP contribution in [0.3, 0.4) is 0 Å². The van der Waals surface area contributed by atoms with Crippen molar-refractivity contribution in [2.24, 2.45) is 0 Å². The lowest BCUT2D eigenvalue weighted by Gasteiger charge is -2.35. The predicted octanol–water partition coefficient (Wildman–Crippen LogP) is 1.79. The van der Waals surface area contributed by atoms with Gasteiger partial charge in [-0.05, 0) is 12.5 Å². The van der Waals surface area contributed by atoms with E-state index >= 15 is 0 Å². The number of hydrogen-bond acceptors (Lipinski definition) is 4. The van der Waals surface area contributed by atoms with E-state index in [9.17, 15) is 5.11 Å². The molecule has 19 heavy (non-hydrogen) atoms. The van der Waals surface area contributed by atoms with Gasteiger partial charge in [0.2, 0.25) is 0 Å². The van der Waals surface area contributed by atoms with Crippen LogP contribution in [-0.2, 0) is 0 Å². The van der Waals surface area contributed by atoms with Crippen LogP contribution in [0.4, 0.5) is 0 Å². The number of para-hydroxylation sites is 1. The van der Waals surface area contributed by atoms with E-state index in [2.05, 4.69) is 16.8 Å². The molecule has 0 aromatic heterocycles. The second-order valence-corrected chi connectivity index (χ2v) is 4.68. The highest BCUT2D eigenvalue weighted by atomic mass is 16.3. The predicted molar refractivity (Wildman–Crippen MR) is 74.8 cm³/mol. The average molecular weight is 257 g/mol. The smallest absolute Gasteiger partial charge is 0.138 e. The Kier molecular flexibility index (Phi) is 4.56. The molecule has 4 heteroatoms. The quantitative estimate of drug-likeness (QED) is 0.807. The van der Waals surface area contributed by atoms with Crippen molar-refractivity contribution in [1.82, 2.24) is 10.2 Å². The number of benzene rings is 1. The Balaban J connectivity index is 2.33. The van der Waals surface area contributed by atoms with E-state index in [1.165, 1.54) is 0 Å². The minimum atomic E-state index is 0.0906. The Labute approximate surface area is 114 Å². The average Bonchev–Trinajstić information content (AvgIpc) is 2.46. The number of nitrogens with zero attached hydrogens (tertiary/aromatic N) is 2. The van der Waals surface area contributed by atoms with Crippen molar-refractivity contribution in [2.75, 3.05) is 26.2 Å². The summed E-state index contributed by atoms with van der Waals surface area (Å²) < 4.78 is 0. The molecule has 0 amide bonds. The lowest BCUT2D eigenvalue weighted by atomic mass is 9.98. The minimum absolute atomic E-state index is 0.0906. The maximum Gasteiger partial charge on any atom is 0.138 e. The Morgan fingerprint density at radius 1 is 1.47 bits per heavy atom. The molecule has 2 rings (SSSR count). The fraction of sp³-hybridized carbons (Fsp3) is 0.400. The van der Waals surface area contributed by atoms with Crippen LogP contribution in [0.2, 0.25) is 0 Å². The van der Waals surface area contributed by atoms with Crippen molar-refractivity contribution >= 4 is 0 Å². The molecule has 1 fully saturated rings. The minimum Gasteiger partial charge on any atom is -0.506 e. The van der Waals surface area contributed by atoms with Gasteiger partial charge in [-0.1, -0.05) is 18.2 Å². The third-order valence-electron chi connectivity index (χ3n) is 3.53. The van der Waals surface area contributed by atoms with E-state index in [1.54, 1.807) is 6.07 Å². The summed E-state index contributed by atoms with van der Waals surface area (Å²) in [4.78, 5) is 2.33. The van der Waals surface area contributed by atoms with E-state index in [0.717, 1.165) is 38.2 Å². The Morgan fingerprint density at radius 3 is 2.84 bits per heavy atom. The van der Waals surface area contributed by atoms with Crippen LogP contribution in [0.5, 0.6) is 5.75 Å². The fourth-order valence-electron chi connectivity index (χ4n) is 2.54. The van der Waals surface area contributed by atoms with Crippen molar-refractivity contribution in [3.8, 4) is 11.8 Å². The van der Waals surface area contributed by atoms with Gasteiger partial charge in [-0.3, -0.25) is 4.90 Å². The van der Waals surface area contributed by atoms with Crippen molar-refractivity contribution in [1.29, 1.82) is 5.26 Å². The van der Waals surface area contributed by atoms with E-state index in [-0.39, 0.29) is 11.8 Å². The van der Waals surface area contributed by atoms with Gasteiger partial charge in [0.1, 0.15) is 11.8 Å². The summed E-state index contributed by atoms with van der Waals surface area (Å²) in [5.74, 6) is 0.107. The molecule has 0 aliphatic carbocycles. The molecule has 1 heterocycles. The molecule has 2 N–H and O–H groups in total. The number of phenols is 1. The summed E-state index contributed by atoms with van der Waals surface area (Å²) in [5, 5.41) is 22.5. The molecule has 0 saturated carbocycles. The fourth-order valence-corrected chi connectivity index (χ4v) is 2.54. The summed E-state index contributed by atoms with van der Waals surface area (Å²) in [7, 11) is 0. The van der Waals surface area contributed by atoms with E-state index in [0.29, 0.717) is 5.56 Å². The molecule has 4 nitrogen and oxygen atoms in total. The largest absolute Gasteiger partial charge is 0.506 e. The van der Waals surface area contributed by atoms with Gasteiger partial charge in [0.15, 0.2) is 0 Å². The molecule has 0 bridgehead atoms. The van der Waals surface area contributed by atoms with Gasteiger partial charge in [-0.2, -0.15) is 5.26 Å². The summed E-state index contributed by atoms with van der Waals surface area (Å²) in [6.07, 6.45) is 2.63. The molecule has 1 aromatic carbocycles. The van der Waals surface area contributed by atoms with E-state index < -0.39 is 0 Å². The third-order valence-corrected chi connectivity index (χ3v) is 3.53. The number of hydrogen-bond donors (Lipinski definition) is 2. The molecule has 0 spiro atoms. The van der Waals surface area contributed by atoms with Crippen molar-refractivity contribution < 1.29 is 5.11 Å². The zero-order valence-electron chi connectivity index (χ0n) is 11.0. The van der Waals surface area contributed by atoms with Crippen LogP contribution in [0.25, 0.3) is 0 Å². The molecular weight excluding hydrogens is 238 g/mol.